The zero-order valence-electron chi connectivity index (χ0n) is 15.5. The quantitative estimate of drug-likeness (QED) is 0.727. The van der Waals surface area contributed by atoms with Crippen LogP contribution in [0.5, 0.6) is 0 Å². The van der Waals surface area contributed by atoms with Crippen molar-refractivity contribution in [3.8, 4) is 0 Å². The summed E-state index contributed by atoms with van der Waals surface area (Å²) in [7, 11) is 0. The van der Waals surface area contributed by atoms with Crippen LogP contribution in [0, 0.1) is 23.5 Å². The van der Waals surface area contributed by atoms with Gasteiger partial charge in [0.2, 0.25) is 5.43 Å². The van der Waals surface area contributed by atoms with Crippen molar-refractivity contribution < 1.29 is 31.9 Å². The first-order valence-electron chi connectivity index (χ1n) is 9.36. The number of anilines is 1. The van der Waals surface area contributed by atoms with E-state index in [0.29, 0.717) is 18.9 Å². The second kappa shape index (κ2) is 6.93. The minimum absolute atomic E-state index is 0.266. The summed E-state index contributed by atoms with van der Waals surface area (Å²) in [6.07, 6.45) is -2.34. The highest BCUT2D eigenvalue weighted by molar-refractivity contribution is 5.94. The van der Waals surface area contributed by atoms with E-state index in [-0.39, 0.29) is 24.6 Å². The Labute approximate surface area is 166 Å². The highest BCUT2D eigenvalue weighted by atomic mass is 19.4. The average Bonchev–Trinajstić information content (AvgIpc) is 3.40. The predicted molar refractivity (Wildman–Crippen MR) is 97.7 cm³/mol. The fraction of sp³-hybridized carbons (Fsp3) is 0.474. The number of hydrogen-bond donors (Lipinski definition) is 2. The Kier molecular flexibility index (Phi) is 4.75. The molecule has 1 saturated heterocycles. The molecule has 0 bridgehead atoms. The highest BCUT2D eigenvalue weighted by Gasteiger charge is 2.50. The van der Waals surface area contributed by atoms with E-state index in [1.165, 1.54) is 4.57 Å². The average molecular weight is 431 g/mol. The lowest BCUT2D eigenvalue weighted by molar-refractivity contribution is -0.178. The zero-order chi connectivity index (χ0) is 22.0. The van der Waals surface area contributed by atoms with Crippen LogP contribution in [0.15, 0.2) is 17.1 Å². The van der Waals surface area contributed by atoms with Gasteiger partial charge in [-0.2, -0.15) is 13.2 Å². The van der Waals surface area contributed by atoms with Crippen LogP contribution in [0.4, 0.5) is 27.6 Å². The Bertz CT molecular complexity index is 1090. The molecule has 162 valence electrons. The number of rotatable bonds is 4. The number of nitrogens with two attached hydrogens (primary N) is 1. The van der Waals surface area contributed by atoms with Crippen molar-refractivity contribution in [1.82, 2.24) is 4.57 Å². The molecule has 1 saturated carbocycles. The maximum atomic E-state index is 15.5. The van der Waals surface area contributed by atoms with Gasteiger partial charge in [-0.3, -0.25) is 4.79 Å². The monoisotopic (exact) mass is 431 g/mol. The minimum Gasteiger partial charge on any atom is -0.477 e. The first-order valence-corrected chi connectivity index (χ1v) is 9.36. The molecule has 0 spiro atoms. The lowest BCUT2D eigenvalue weighted by Gasteiger charge is -2.23. The molecule has 1 aromatic carbocycles. The van der Waals surface area contributed by atoms with Gasteiger partial charge in [0.05, 0.1) is 16.8 Å². The van der Waals surface area contributed by atoms with Gasteiger partial charge in [0, 0.05) is 31.2 Å². The van der Waals surface area contributed by atoms with Crippen LogP contribution in [-0.4, -0.2) is 41.5 Å². The third-order valence-corrected chi connectivity index (χ3v) is 5.83. The van der Waals surface area contributed by atoms with Crippen molar-refractivity contribution >= 4 is 22.6 Å². The van der Waals surface area contributed by atoms with Crippen molar-refractivity contribution in [2.24, 2.45) is 17.6 Å². The number of alkyl halides is 3. The molecule has 2 atom stereocenters. The molecule has 2 aliphatic rings. The van der Waals surface area contributed by atoms with E-state index in [4.69, 9.17) is 5.73 Å². The Morgan fingerprint density at radius 1 is 1.23 bits per heavy atom. The summed E-state index contributed by atoms with van der Waals surface area (Å²) >= 11 is 0. The van der Waals surface area contributed by atoms with Crippen LogP contribution in [0.3, 0.4) is 0 Å². The van der Waals surface area contributed by atoms with Gasteiger partial charge >= 0.3 is 12.1 Å². The van der Waals surface area contributed by atoms with Crippen LogP contribution in [0.25, 0.3) is 10.9 Å². The number of carbonyl (C=O) groups is 1. The number of halogens is 5. The number of aromatic carboxylic acids is 1. The summed E-state index contributed by atoms with van der Waals surface area (Å²) in [5.41, 5.74) is 2.81. The minimum atomic E-state index is -4.57. The molecular formula is C19H18F5N3O3. The van der Waals surface area contributed by atoms with Crippen molar-refractivity contribution in [3.05, 3.63) is 39.7 Å². The van der Waals surface area contributed by atoms with Gasteiger partial charge in [-0.15, -0.1) is 0 Å². The molecule has 6 nitrogen and oxygen atoms in total. The number of nitrogens with zero attached hydrogens (tertiary/aromatic N) is 2. The first kappa shape index (κ1) is 20.6. The molecule has 4 rings (SSSR count). The lowest BCUT2D eigenvalue weighted by atomic mass is 9.96. The molecule has 0 unspecified atom stereocenters. The number of fused-ring (bicyclic) bond motifs is 1. The molecule has 2 fully saturated rings. The molecule has 0 amide bonds. The second-order valence-corrected chi connectivity index (χ2v) is 7.78. The SMILES string of the molecule is NC[C@@H]1CN(c2c(F)cc3c(=O)c(C(=O)O)cn(C4CC4)c3c2F)C[C@H]1C(F)(F)F. The summed E-state index contributed by atoms with van der Waals surface area (Å²) in [4.78, 5) is 24.8. The third-order valence-electron chi connectivity index (χ3n) is 5.83. The fourth-order valence-electron chi connectivity index (χ4n) is 4.18. The number of carboxylic acids is 1. The van der Waals surface area contributed by atoms with Crippen molar-refractivity contribution in [2.45, 2.75) is 25.1 Å². The van der Waals surface area contributed by atoms with Crippen molar-refractivity contribution in [2.75, 3.05) is 24.5 Å². The van der Waals surface area contributed by atoms with Crippen LogP contribution in [-0.2, 0) is 0 Å². The molecule has 2 aromatic rings. The smallest absolute Gasteiger partial charge is 0.393 e. The van der Waals surface area contributed by atoms with Gasteiger partial charge in [0.25, 0.3) is 0 Å². The summed E-state index contributed by atoms with van der Waals surface area (Å²) in [5.74, 6) is -6.79. The molecule has 2 heterocycles. The van der Waals surface area contributed by atoms with Crippen LogP contribution in [0.2, 0.25) is 0 Å². The van der Waals surface area contributed by atoms with Crippen LogP contribution < -0.4 is 16.1 Å². The van der Waals surface area contributed by atoms with Crippen LogP contribution >= 0.6 is 0 Å². The van der Waals surface area contributed by atoms with Crippen molar-refractivity contribution in [1.29, 1.82) is 0 Å². The summed E-state index contributed by atoms with van der Waals surface area (Å²) in [6.45, 7) is -1.25. The Morgan fingerprint density at radius 2 is 1.90 bits per heavy atom. The van der Waals surface area contributed by atoms with Gasteiger partial charge in [0.1, 0.15) is 17.1 Å². The van der Waals surface area contributed by atoms with Crippen molar-refractivity contribution in [3.63, 3.8) is 0 Å². The highest BCUT2D eigenvalue weighted by Crippen LogP contribution is 2.43. The predicted octanol–water partition coefficient (Wildman–Crippen LogP) is 2.89. The third kappa shape index (κ3) is 3.21. The number of pyridine rings is 1. The first-order chi connectivity index (χ1) is 14.0. The number of hydrogen-bond acceptors (Lipinski definition) is 4. The molecular weight excluding hydrogens is 413 g/mol. The summed E-state index contributed by atoms with van der Waals surface area (Å²) < 4.78 is 71.6. The van der Waals surface area contributed by atoms with E-state index in [9.17, 15) is 32.3 Å². The Balaban J connectivity index is 1.91. The second-order valence-electron chi connectivity index (χ2n) is 7.78. The van der Waals surface area contributed by atoms with Gasteiger partial charge in [-0.25, -0.2) is 13.6 Å². The normalized spacial score (nSPS) is 22.1. The molecule has 30 heavy (non-hydrogen) atoms. The van der Waals surface area contributed by atoms with Gasteiger partial charge in [-0.1, -0.05) is 0 Å². The van der Waals surface area contributed by atoms with E-state index >= 15 is 4.39 Å². The molecule has 3 N–H and O–H groups in total. The van der Waals surface area contributed by atoms with Gasteiger partial charge < -0.3 is 20.3 Å². The van der Waals surface area contributed by atoms with E-state index < -0.39 is 64.2 Å². The molecule has 1 aliphatic carbocycles. The summed E-state index contributed by atoms with van der Waals surface area (Å²) in [6, 6.07) is 0.442. The van der Waals surface area contributed by atoms with E-state index in [1.54, 1.807) is 0 Å². The standard InChI is InChI=1S/C19H18F5N3O3/c20-13-3-10-15(27(9-1-2-9)6-11(17(10)28)18(29)30)14(21)16(13)26-5-8(4-25)12(7-26)19(22,23)24/h3,6,8-9,12H,1-2,4-5,7,25H2,(H,29,30)/t8-,12-/m1/s1. The molecule has 11 heteroatoms. The number of carboxylic acid groups (broad SMARTS) is 1. The molecule has 0 radical (unpaired) electrons. The molecule has 1 aromatic heterocycles. The molecule has 1 aliphatic heterocycles. The van der Waals surface area contributed by atoms with E-state index in [0.717, 1.165) is 11.1 Å². The van der Waals surface area contributed by atoms with Gasteiger partial charge in [-0.05, 0) is 25.5 Å². The fourth-order valence-corrected chi connectivity index (χ4v) is 4.18. The Hall–Kier alpha value is -2.69. The summed E-state index contributed by atoms with van der Waals surface area (Å²) in [5, 5.41) is 8.80. The van der Waals surface area contributed by atoms with E-state index in [1.807, 2.05) is 0 Å². The largest absolute Gasteiger partial charge is 0.477 e. The Morgan fingerprint density at radius 3 is 2.40 bits per heavy atom. The lowest BCUT2D eigenvalue weighted by Crippen LogP contribution is -2.33. The number of benzene rings is 1. The zero-order valence-corrected chi connectivity index (χ0v) is 15.5. The van der Waals surface area contributed by atoms with Gasteiger partial charge in [0.15, 0.2) is 5.82 Å². The topological polar surface area (TPSA) is 88.6 Å². The van der Waals surface area contributed by atoms with E-state index in [2.05, 4.69) is 0 Å². The maximum absolute atomic E-state index is 15.5. The number of aromatic nitrogens is 1. The maximum Gasteiger partial charge on any atom is 0.393 e. The van der Waals surface area contributed by atoms with Crippen LogP contribution in [0.1, 0.15) is 29.2 Å².